The predicted molar refractivity (Wildman–Crippen MR) is 92.3 cm³/mol. The average Bonchev–Trinajstić information content (AvgIpc) is 3.26. The lowest BCUT2D eigenvalue weighted by atomic mass is 10.1. The number of methoxy groups -OCH3 is 3. The highest BCUT2D eigenvalue weighted by Crippen LogP contribution is 2.31. The largest absolute Gasteiger partial charge is 0.497 e. The first-order valence-corrected chi connectivity index (χ1v) is 7.88. The first-order valence-electron chi connectivity index (χ1n) is 7.88. The number of aromatic nitrogens is 3. The van der Waals surface area contributed by atoms with E-state index >= 15 is 0 Å². The third-order valence-corrected chi connectivity index (χ3v) is 3.94. The van der Waals surface area contributed by atoms with Gasteiger partial charge in [-0.15, -0.1) is 0 Å². The molecule has 27 heavy (non-hydrogen) atoms. The normalized spacial score (nSPS) is 14.1. The minimum atomic E-state index is -0.677. The van der Waals surface area contributed by atoms with Crippen molar-refractivity contribution in [3.8, 4) is 11.4 Å². The third kappa shape index (κ3) is 3.60. The molecule has 2 aromatic rings. The highest BCUT2D eigenvalue weighted by Gasteiger charge is 2.32. The van der Waals surface area contributed by atoms with Gasteiger partial charge in [-0.2, -0.15) is 5.10 Å². The van der Waals surface area contributed by atoms with Crippen molar-refractivity contribution in [2.24, 2.45) is 0 Å². The summed E-state index contributed by atoms with van der Waals surface area (Å²) in [6.07, 6.45) is 2.93. The molecule has 0 unspecified atom stereocenters. The van der Waals surface area contributed by atoms with Crippen molar-refractivity contribution in [3.05, 3.63) is 42.1 Å². The fourth-order valence-electron chi connectivity index (χ4n) is 2.66. The summed E-state index contributed by atoms with van der Waals surface area (Å²) in [6.45, 7) is -0.0254. The number of hydrogen-bond acceptors (Lipinski definition) is 9. The zero-order valence-electron chi connectivity index (χ0n) is 15.0. The molecule has 10 heteroatoms. The van der Waals surface area contributed by atoms with Crippen molar-refractivity contribution in [2.75, 3.05) is 39.6 Å². The van der Waals surface area contributed by atoms with Crippen LogP contribution in [0.1, 0.15) is 0 Å². The Morgan fingerprint density at radius 3 is 2.44 bits per heavy atom. The van der Waals surface area contributed by atoms with Gasteiger partial charge in [-0.3, -0.25) is 0 Å². The van der Waals surface area contributed by atoms with E-state index in [0.29, 0.717) is 17.1 Å². The van der Waals surface area contributed by atoms with E-state index < -0.39 is 11.9 Å². The second-order valence-electron chi connectivity index (χ2n) is 5.45. The molecule has 0 N–H and O–H groups in total. The Balaban J connectivity index is 2.14. The molecular weight excluding hydrogens is 356 g/mol. The molecule has 0 saturated carbocycles. The van der Waals surface area contributed by atoms with Gasteiger partial charge in [0.2, 0.25) is 0 Å². The molecule has 0 atom stereocenters. The molecule has 142 valence electrons. The zero-order valence-corrected chi connectivity index (χ0v) is 15.0. The number of carbonyl (C=O) groups is 2. The standard InChI is InChI=1S/C17H18N4O6/c1-24-13-5-11(4-12(6-13)21-9-18-8-19-21)20-10-27-7-14(16(22)25-2)15(20)17(23)26-3/h4-6,8-9H,7,10H2,1-3H3. The zero-order chi connectivity index (χ0) is 19.4. The number of nitrogens with zero attached hydrogens (tertiary/aromatic N) is 4. The summed E-state index contributed by atoms with van der Waals surface area (Å²) in [5.41, 5.74) is 1.31. The molecule has 3 rings (SSSR count). The van der Waals surface area contributed by atoms with E-state index in [1.807, 2.05) is 0 Å². The van der Waals surface area contributed by atoms with Crippen LogP contribution in [-0.2, 0) is 23.8 Å². The van der Waals surface area contributed by atoms with E-state index in [4.69, 9.17) is 18.9 Å². The van der Waals surface area contributed by atoms with Crippen LogP contribution in [0.2, 0.25) is 0 Å². The number of ether oxygens (including phenoxy) is 4. The highest BCUT2D eigenvalue weighted by atomic mass is 16.5. The molecule has 0 spiro atoms. The van der Waals surface area contributed by atoms with Gasteiger partial charge in [-0.1, -0.05) is 0 Å². The summed E-state index contributed by atoms with van der Waals surface area (Å²) in [7, 11) is 4.00. The highest BCUT2D eigenvalue weighted by molar-refractivity contribution is 6.03. The molecule has 1 aliphatic rings. The number of benzene rings is 1. The fraction of sp³-hybridized carbons (Fsp3) is 0.294. The number of esters is 2. The van der Waals surface area contributed by atoms with Gasteiger partial charge in [0.15, 0.2) is 0 Å². The molecule has 0 bridgehead atoms. The van der Waals surface area contributed by atoms with Crippen molar-refractivity contribution in [3.63, 3.8) is 0 Å². The monoisotopic (exact) mass is 374 g/mol. The molecule has 1 aromatic heterocycles. The Labute approximate surface area is 154 Å². The van der Waals surface area contributed by atoms with Gasteiger partial charge in [0.1, 0.15) is 30.8 Å². The van der Waals surface area contributed by atoms with E-state index in [1.54, 1.807) is 22.9 Å². The fourth-order valence-corrected chi connectivity index (χ4v) is 2.66. The van der Waals surface area contributed by atoms with E-state index in [2.05, 4.69) is 10.1 Å². The van der Waals surface area contributed by atoms with Crippen molar-refractivity contribution in [1.82, 2.24) is 14.8 Å². The lowest BCUT2D eigenvalue weighted by Gasteiger charge is -2.31. The van der Waals surface area contributed by atoms with Crippen LogP contribution in [0.3, 0.4) is 0 Å². The second-order valence-corrected chi connectivity index (χ2v) is 5.45. The molecule has 0 amide bonds. The first-order chi connectivity index (χ1) is 13.1. The van der Waals surface area contributed by atoms with Gasteiger partial charge in [0, 0.05) is 17.8 Å². The molecule has 2 heterocycles. The molecular formula is C17H18N4O6. The van der Waals surface area contributed by atoms with Gasteiger partial charge >= 0.3 is 11.9 Å². The van der Waals surface area contributed by atoms with Gasteiger partial charge in [0.05, 0.1) is 39.2 Å². The van der Waals surface area contributed by atoms with E-state index in [9.17, 15) is 9.59 Å². The SMILES string of the molecule is COC(=O)C1=C(C(=O)OC)N(c2cc(OC)cc(-n3cncn3)c2)COC1. The van der Waals surface area contributed by atoms with E-state index in [-0.39, 0.29) is 24.6 Å². The van der Waals surface area contributed by atoms with Gasteiger partial charge in [0.25, 0.3) is 0 Å². The van der Waals surface area contributed by atoms with Crippen LogP contribution in [-0.4, -0.2) is 61.4 Å². The summed E-state index contributed by atoms with van der Waals surface area (Å²) >= 11 is 0. The summed E-state index contributed by atoms with van der Waals surface area (Å²) < 4.78 is 22.0. The summed E-state index contributed by atoms with van der Waals surface area (Å²) in [5.74, 6) is -0.823. The molecule has 1 aromatic carbocycles. The molecule has 0 radical (unpaired) electrons. The Hall–Kier alpha value is -3.40. The number of hydrogen-bond donors (Lipinski definition) is 0. The van der Waals surface area contributed by atoms with E-state index in [0.717, 1.165) is 0 Å². The molecule has 10 nitrogen and oxygen atoms in total. The molecule has 0 saturated heterocycles. The van der Waals surface area contributed by atoms with Crippen molar-refractivity contribution in [2.45, 2.75) is 0 Å². The predicted octanol–water partition coefficient (Wildman–Crippen LogP) is 0.670. The molecule has 0 aliphatic carbocycles. The summed E-state index contributed by atoms with van der Waals surface area (Å²) in [4.78, 5) is 30.0. The van der Waals surface area contributed by atoms with Crippen LogP contribution in [0.5, 0.6) is 5.75 Å². The summed E-state index contributed by atoms with van der Waals surface area (Å²) in [5, 5.41) is 4.10. The topological polar surface area (TPSA) is 105 Å². The maximum absolute atomic E-state index is 12.4. The quantitative estimate of drug-likeness (QED) is 0.698. The lowest BCUT2D eigenvalue weighted by Crippen LogP contribution is -2.38. The van der Waals surface area contributed by atoms with Gasteiger partial charge in [-0.25, -0.2) is 19.3 Å². The molecule has 1 aliphatic heterocycles. The maximum Gasteiger partial charge on any atom is 0.355 e. The first kappa shape index (κ1) is 18.4. The Morgan fingerprint density at radius 2 is 1.81 bits per heavy atom. The van der Waals surface area contributed by atoms with E-state index in [1.165, 1.54) is 38.9 Å². The van der Waals surface area contributed by atoms with Crippen molar-refractivity contribution in [1.29, 1.82) is 0 Å². The number of rotatable bonds is 5. The van der Waals surface area contributed by atoms with Crippen molar-refractivity contribution < 1.29 is 28.5 Å². The summed E-state index contributed by atoms with van der Waals surface area (Å²) in [6, 6.07) is 5.21. The van der Waals surface area contributed by atoms with Crippen LogP contribution >= 0.6 is 0 Å². The number of anilines is 1. The Morgan fingerprint density at radius 1 is 1.07 bits per heavy atom. The Kier molecular flexibility index (Phi) is 5.36. The van der Waals surface area contributed by atoms with Crippen LogP contribution in [0.15, 0.2) is 42.1 Å². The van der Waals surface area contributed by atoms with Crippen LogP contribution in [0, 0.1) is 0 Å². The Bertz CT molecular complexity index is 878. The number of carbonyl (C=O) groups excluding carboxylic acids is 2. The minimum absolute atomic E-state index is 0.0366. The smallest absolute Gasteiger partial charge is 0.355 e. The maximum atomic E-state index is 12.4. The van der Waals surface area contributed by atoms with Crippen LogP contribution in [0.25, 0.3) is 5.69 Å². The lowest BCUT2D eigenvalue weighted by molar-refractivity contribution is -0.140. The minimum Gasteiger partial charge on any atom is -0.497 e. The average molecular weight is 374 g/mol. The van der Waals surface area contributed by atoms with Crippen LogP contribution in [0.4, 0.5) is 5.69 Å². The second kappa shape index (κ2) is 7.87. The van der Waals surface area contributed by atoms with Gasteiger partial charge in [-0.05, 0) is 6.07 Å². The van der Waals surface area contributed by atoms with Crippen molar-refractivity contribution >= 4 is 17.6 Å². The van der Waals surface area contributed by atoms with Gasteiger partial charge < -0.3 is 23.8 Å². The van der Waals surface area contributed by atoms with Crippen LogP contribution < -0.4 is 9.64 Å². The molecule has 0 fully saturated rings. The third-order valence-electron chi connectivity index (χ3n) is 3.94.